The summed E-state index contributed by atoms with van der Waals surface area (Å²) in [4.78, 5) is 28.2. The van der Waals surface area contributed by atoms with Gasteiger partial charge in [-0.3, -0.25) is 9.59 Å². The highest BCUT2D eigenvalue weighted by molar-refractivity contribution is 6.37. The summed E-state index contributed by atoms with van der Waals surface area (Å²) in [5.41, 5.74) is 6.18. The summed E-state index contributed by atoms with van der Waals surface area (Å²) in [6, 6.07) is 23.4. The second-order valence-corrected chi connectivity index (χ2v) is 9.71. The van der Waals surface area contributed by atoms with Crippen molar-refractivity contribution in [3.63, 3.8) is 0 Å². The fourth-order valence-electron chi connectivity index (χ4n) is 4.50. The zero-order chi connectivity index (χ0) is 26.2. The lowest BCUT2D eigenvalue weighted by Crippen LogP contribution is -2.24. The smallest absolute Gasteiger partial charge is 0.258 e. The number of unbranched alkanes of at least 4 members (excludes halogenated alkanes) is 3. The first-order valence-corrected chi connectivity index (χ1v) is 13.0. The quantitative estimate of drug-likeness (QED) is 0.225. The van der Waals surface area contributed by atoms with Crippen molar-refractivity contribution in [2.75, 3.05) is 31.3 Å². The topological polar surface area (TPSA) is 73.5 Å². The van der Waals surface area contributed by atoms with Crippen LogP contribution in [0.3, 0.4) is 0 Å². The van der Waals surface area contributed by atoms with Gasteiger partial charge in [0.15, 0.2) is 0 Å². The Labute approximate surface area is 219 Å². The second-order valence-electron chi connectivity index (χ2n) is 9.71. The van der Waals surface area contributed by atoms with Crippen LogP contribution < -0.4 is 16.0 Å². The molecule has 0 unspecified atom stereocenters. The van der Waals surface area contributed by atoms with Gasteiger partial charge in [0.2, 0.25) is 0 Å². The summed E-state index contributed by atoms with van der Waals surface area (Å²) in [5, 5.41) is 9.48. The van der Waals surface area contributed by atoms with Crippen molar-refractivity contribution in [1.82, 2.24) is 10.2 Å². The second kappa shape index (κ2) is 12.4. The van der Waals surface area contributed by atoms with Crippen LogP contribution in [0.25, 0.3) is 11.3 Å². The van der Waals surface area contributed by atoms with Gasteiger partial charge in [0, 0.05) is 35.6 Å². The zero-order valence-corrected chi connectivity index (χ0v) is 21.9. The predicted octanol–water partition coefficient (Wildman–Crippen LogP) is 5.99. The molecule has 0 atom stereocenters. The number of rotatable bonds is 11. The van der Waals surface area contributed by atoms with Crippen LogP contribution in [0.4, 0.5) is 11.4 Å². The number of fused-ring (bicyclic) bond motifs is 1. The van der Waals surface area contributed by atoms with Gasteiger partial charge >= 0.3 is 0 Å². The first-order chi connectivity index (χ1) is 18.0. The molecule has 1 aliphatic rings. The van der Waals surface area contributed by atoms with Crippen molar-refractivity contribution >= 4 is 34.5 Å². The summed E-state index contributed by atoms with van der Waals surface area (Å²) in [5.74, 6) is -0.314. The number of hydrogen-bond acceptors (Lipinski definition) is 4. The van der Waals surface area contributed by atoms with Crippen molar-refractivity contribution in [3.05, 3.63) is 95.1 Å². The molecule has 0 aromatic heterocycles. The fourth-order valence-corrected chi connectivity index (χ4v) is 4.50. The Balaban J connectivity index is 1.67. The molecular formula is C31H36N4O2. The third kappa shape index (κ3) is 6.66. The van der Waals surface area contributed by atoms with Crippen LogP contribution in [0.15, 0.2) is 72.8 Å². The lowest BCUT2D eigenvalue weighted by Gasteiger charge is -2.16. The third-order valence-corrected chi connectivity index (χ3v) is 6.38. The first-order valence-electron chi connectivity index (χ1n) is 13.0. The highest BCUT2D eigenvalue weighted by atomic mass is 16.2. The summed E-state index contributed by atoms with van der Waals surface area (Å²) in [6.45, 7) is 3.67. The standard InChI is InChI=1S/C31H36N4O2/c1-4-5-6-10-19-32-30(36)24-15-18-27-26(20-24)28(31(37)34-27)29(23-11-8-7-9-12-23)33-25-16-13-22(14-17-25)21-35(2)3/h7-9,11-18,20,33H,4-6,10,19,21H2,1-3H3,(H,32,36)(H,34,37)/b29-28-. The molecule has 6 nitrogen and oxygen atoms in total. The molecule has 0 bridgehead atoms. The SMILES string of the molecule is CCCCCCNC(=O)c1ccc2c(c1)/C(=C(/Nc1ccc(CN(C)C)cc1)c1ccccc1)C(=O)N2. The van der Waals surface area contributed by atoms with Gasteiger partial charge in [-0.25, -0.2) is 0 Å². The molecule has 6 heteroatoms. The monoisotopic (exact) mass is 496 g/mol. The summed E-state index contributed by atoms with van der Waals surface area (Å²) < 4.78 is 0. The van der Waals surface area contributed by atoms with Crippen molar-refractivity contribution in [2.24, 2.45) is 0 Å². The number of carbonyl (C=O) groups excluding carboxylic acids is 2. The molecule has 4 rings (SSSR count). The van der Waals surface area contributed by atoms with E-state index >= 15 is 0 Å². The molecule has 0 spiro atoms. The van der Waals surface area contributed by atoms with Crippen LogP contribution in [0.2, 0.25) is 0 Å². The molecule has 3 aromatic rings. The minimum absolute atomic E-state index is 0.122. The Morgan fingerprint density at radius 2 is 1.65 bits per heavy atom. The Kier molecular flexibility index (Phi) is 8.75. The van der Waals surface area contributed by atoms with Crippen molar-refractivity contribution in [3.8, 4) is 0 Å². The fraction of sp³-hybridized carbons (Fsp3) is 0.290. The largest absolute Gasteiger partial charge is 0.354 e. The average molecular weight is 497 g/mol. The molecular weight excluding hydrogens is 460 g/mol. The molecule has 0 saturated carbocycles. The van der Waals surface area contributed by atoms with Gasteiger partial charge in [0.05, 0.1) is 11.3 Å². The Morgan fingerprint density at radius 1 is 0.892 bits per heavy atom. The molecule has 192 valence electrons. The summed E-state index contributed by atoms with van der Waals surface area (Å²) in [6.07, 6.45) is 4.40. The van der Waals surface area contributed by atoms with E-state index in [2.05, 4.69) is 39.9 Å². The predicted molar refractivity (Wildman–Crippen MR) is 152 cm³/mol. The van der Waals surface area contributed by atoms with Gasteiger partial charge < -0.3 is 20.9 Å². The molecule has 0 fully saturated rings. The van der Waals surface area contributed by atoms with Crippen molar-refractivity contribution in [1.29, 1.82) is 0 Å². The van der Waals surface area contributed by atoms with Gasteiger partial charge in [-0.2, -0.15) is 0 Å². The number of hydrogen-bond donors (Lipinski definition) is 3. The van der Waals surface area contributed by atoms with E-state index in [0.717, 1.165) is 42.6 Å². The number of nitrogens with one attached hydrogen (secondary N) is 3. The maximum absolute atomic E-state index is 13.3. The molecule has 2 amide bonds. The van der Waals surface area contributed by atoms with Gasteiger partial charge in [0.25, 0.3) is 11.8 Å². The molecule has 0 aliphatic carbocycles. The normalized spacial score (nSPS) is 13.8. The van der Waals surface area contributed by atoms with Crippen LogP contribution in [0.5, 0.6) is 0 Å². The highest BCUT2D eigenvalue weighted by Gasteiger charge is 2.29. The molecule has 1 aliphatic heterocycles. The minimum Gasteiger partial charge on any atom is -0.354 e. The number of nitrogens with zero attached hydrogens (tertiary/aromatic N) is 1. The molecule has 3 aromatic carbocycles. The Bertz CT molecular complexity index is 1260. The lowest BCUT2D eigenvalue weighted by atomic mass is 9.98. The van der Waals surface area contributed by atoms with E-state index in [-0.39, 0.29) is 11.8 Å². The maximum Gasteiger partial charge on any atom is 0.258 e. The van der Waals surface area contributed by atoms with E-state index in [9.17, 15) is 9.59 Å². The third-order valence-electron chi connectivity index (χ3n) is 6.38. The van der Waals surface area contributed by atoms with Crippen LogP contribution in [0, 0.1) is 0 Å². The molecule has 0 radical (unpaired) electrons. The van der Waals surface area contributed by atoms with Crippen LogP contribution in [0.1, 0.15) is 59.7 Å². The lowest BCUT2D eigenvalue weighted by molar-refractivity contribution is -0.110. The Morgan fingerprint density at radius 3 is 2.35 bits per heavy atom. The summed E-state index contributed by atoms with van der Waals surface area (Å²) in [7, 11) is 4.09. The van der Waals surface area contributed by atoms with Gasteiger partial charge in [-0.05, 0) is 62.0 Å². The first kappa shape index (κ1) is 26.2. The average Bonchev–Trinajstić information content (AvgIpc) is 3.23. The number of benzene rings is 3. The van der Waals surface area contributed by atoms with E-state index in [0.29, 0.717) is 29.1 Å². The molecule has 0 saturated heterocycles. The number of amides is 2. The van der Waals surface area contributed by atoms with E-state index in [1.54, 1.807) is 6.07 Å². The van der Waals surface area contributed by atoms with E-state index < -0.39 is 0 Å². The number of carbonyl (C=O) groups is 2. The summed E-state index contributed by atoms with van der Waals surface area (Å²) >= 11 is 0. The van der Waals surface area contributed by atoms with Gasteiger partial charge in [-0.15, -0.1) is 0 Å². The molecule has 3 N–H and O–H groups in total. The van der Waals surface area contributed by atoms with E-state index in [4.69, 9.17) is 0 Å². The van der Waals surface area contributed by atoms with Crippen LogP contribution in [-0.2, 0) is 11.3 Å². The number of anilines is 2. The highest BCUT2D eigenvalue weighted by Crippen LogP contribution is 2.38. The zero-order valence-electron chi connectivity index (χ0n) is 21.9. The van der Waals surface area contributed by atoms with Crippen molar-refractivity contribution in [2.45, 2.75) is 39.2 Å². The van der Waals surface area contributed by atoms with E-state index in [1.807, 2.05) is 68.7 Å². The molecule has 1 heterocycles. The van der Waals surface area contributed by atoms with Gasteiger partial charge in [0.1, 0.15) is 0 Å². The Hall–Kier alpha value is -3.90. The molecule has 37 heavy (non-hydrogen) atoms. The van der Waals surface area contributed by atoms with Crippen LogP contribution in [-0.4, -0.2) is 37.4 Å². The van der Waals surface area contributed by atoms with E-state index in [1.165, 1.54) is 12.0 Å². The van der Waals surface area contributed by atoms with Crippen molar-refractivity contribution < 1.29 is 9.59 Å². The van der Waals surface area contributed by atoms with Crippen LogP contribution >= 0.6 is 0 Å². The van der Waals surface area contributed by atoms with Gasteiger partial charge in [-0.1, -0.05) is 68.7 Å². The maximum atomic E-state index is 13.3. The minimum atomic E-state index is -0.192.